The van der Waals surface area contributed by atoms with Crippen molar-refractivity contribution in [3.63, 3.8) is 0 Å². The van der Waals surface area contributed by atoms with E-state index in [1.54, 1.807) is 0 Å². The van der Waals surface area contributed by atoms with Gasteiger partial charge >= 0.3 is 0 Å². The van der Waals surface area contributed by atoms with Crippen LogP contribution in [0.25, 0.3) is 0 Å². The average Bonchev–Trinajstić information content (AvgIpc) is 2.19. The highest BCUT2D eigenvalue weighted by Crippen LogP contribution is 2.36. The van der Waals surface area contributed by atoms with Crippen LogP contribution in [0.15, 0.2) is 35.3 Å². The third-order valence-corrected chi connectivity index (χ3v) is 4.11. The molecule has 1 rings (SSSR count). The van der Waals surface area contributed by atoms with Crippen molar-refractivity contribution in [3.8, 4) is 0 Å². The highest BCUT2D eigenvalue weighted by Gasteiger charge is 2.25. The zero-order valence-corrected chi connectivity index (χ0v) is 12.1. The summed E-state index contributed by atoms with van der Waals surface area (Å²) in [7, 11) is 0. The van der Waals surface area contributed by atoms with Crippen LogP contribution >= 0.6 is 24.6 Å². The Morgan fingerprint density at radius 3 is 2.38 bits per heavy atom. The summed E-state index contributed by atoms with van der Waals surface area (Å²) >= 11 is 5.86. The van der Waals surface area contributed by atoms with E-state index in [-0.39, 0.29) is 16.1 Å². The molecule has 0 heterocycles. The van der Waals surface area contributed by atoms with Gasteiger partial charge in [-0.3, -0.25) is 5.14 Å². The molecule has 0 radical (unpaired) electrons. The SMILES string of the molecule is CC(S)C1(C)/C=C\C(SN)=C/C(C)(C)/C=C\1. The van der Waals surface area contributed by atoms with Gasteiger partial charge in [-0.1, -0.05) is 58.1 Å². The van der Waals surface area contributed by atoms with Crippen LogP contribution in [0.4, 0.5) is 0 Å². The molecular weight excluding hydrogens is 234 g/mol. The number of allylic oxidation sites excluding steroid dienone is 5. The second-order valence-corrected chi connectivity index (χ2v) is 6.68. The minimum absolute atomic E-state index is 0.0182. The summed E-state index contributed by atoms with van der Waals surface area (Å²) in [5, 5.41) is 5.94. The van der Waals surface area contributed by atoms with Gasteiger partial charge in [-0.25, -0.2) is 0 Å². The van der Waals surface area contributed by atoms with Crippen LogP contribution in [-0.4, -0.2) is 5.25 Å². The number of hydrogen-bond acceptors (Lipinski definition) is 3. The van der Waals surface area contributed by atoms with Crippen molar-refractivity contribution in [3.05, 3.63) is 35.3 Å². The Bertz CT molecular complexity index is 340. The Hall–Kier alpha value is -0.120. The smallest absolute Gasteiger partial charge is 0.0191 e. The lowest BCUT2D eigenvalue weighted by Gasteiger charge is -2.29. The molecule has 0 aliphatic heterocycles. The topological polar surface area (TPSA) is 26.0 Å². The zero-order valence-electron chi connectivity index (χ0n) is 10.4. The van der Waals surface area contributed by atoms with Gasteiger partial charge in [0.1, 0.15) is 0 Å². The first kappa shape index (κ1) is 13.9. The first-order chi connectivity index (χ1) is 7.29. The van der Waals surface area contributed by atoms with E-state index in [9.17, 15) is 0 Å². The van der Waals surface area contributed by atoms with Gasteiger partial charge in [-0.2, -0.15) is 12.6 Å². The predicted molar refractivity (Wildman–Crippen MR) is 78.5 cm³/mol. The van der Waals surface area contributed by atoms with E-state index >= 15 is 0 Å². The van der Waals surface area contributed by atoms with Crippen LogP contribution in [0.1, 0.15) is 27.7 Å². The van der Waals surface area contributed by atoms with Gasteiger partial charge in [0.25, 0.3) is 0 Å². The van der Waals surface area contributed by atoms with Crippen molar-refractivity contribution in [1.82, 2.24) is 0 Å². The molecule has 0 saturated heterocycles. The molecule has 1 aliphatic carbocycles. The van der Waals surface area contributed by atoms with Crippen molar-refractivity contribution in [2.45, 2.75) is 32.9 Å². The third-order valence-electron chi connectivity index (χ3n) is 3.03. The second kappa shape index (κ2) is 5.03. The van der Waals surface area contributed by atoms with Crippen molar-refractivity contribution in [2.75, 3.05) is 0 Å². The summed E-state index contributed by atoms with van der Waals surface area (Å²) < 4.78 is 0. The molecule has 1 aliphatic rings. The maximum Gasteiger partial charge on any atom is 0.0191 e. The maximum atomic E-state index is 5.66. The Morgan fingerprint density at radius 1 is 1.25 bits per heavy atom. The van der Waals surface area contributed by atoms with Gasteiger partial charge in [0.15, 0.2) is 0 Å². The zero-order chi connectivity index (χ0) is 12.4. The molecule has 0 amide bonds. The number of thiol groups is 1. The van der Waals surface area contributed by atoms with Crippen molar-refractivity contribution in [2.24, 2.45) is 16.0 Å². The lowest BCUT2D eigenvalue weighted by Crippen LogP contribution is -2.22. The summed E-state index contributed by atoms with van der Waals surface area (Å²) in [6.07, 6.45) is 11.0. The fourth-order valence-corrected chi connectivity index (χ4v) is 2.22. The number of hydrogen-bond donors (Lipinski definition) is 2. The first-order valence-corrected chi connectivity index (χ1v) is 6.86. The molecule has 0 saturated carbocycles. The summed E-state index contributed by atoms with van der Waals surface area (Å²) in [6, 6.07) is 0. The van der Waals surface area contributed by atoms with Gasteiger partial charge < -0.3 is 0 Å². The van der Waals surface area contributed by atoms with Crippen molar-refractivity contribution < 1.29 is 0 Å². The van der Waals surface area contributed by atoms with Crippen LogP contribution in [0.3, 0.4) is 0 Å². The largest absolute Gasteiger partial charge is 0.274 e. The minimum atomic E-state index is -0.0182. The molecular formula is C13H21NS2. The fourth-order valence-electron chi connectivity index (χ4n) is 1.53. The van der Waals surface area contributed by atoms with Crippen LogP contribution in [0.5, 0.6) is 0 Å². The van der Waals surface area contributed by atoms with Gasteiger partial charge in [0, 0.05) is 21.0 Å². The Morgan fingerprint density at radius 2 is 1.88 bits per heavy atom. The fraction of sp³-hybridized carbons (Fsp3) is 0.538. The quantitative estimate of drug-likeness (QED) is 0.444. The van der Waals surface area contributed by atoms with Crippen LogP contribution in [0.2, 0.25) is 0 Å². The van der Waals surface area contributed by atoms with E-state index in [0.29, 0.717) is 0 Å². The Kier molecular flexibility index (Phi) is 4.38. The molecule has 0 bridgehead atoms. The highest BCUT2D eigenvalue weighted by molar-refractivity contribution is 8.01. The first-order valence-electron chi connectivity index (χ1n) is 5.46. The molecule has 0 aromatic carbocycles. The third kappa shape index (κ3) is 3.44. The molecule has 0 fully saturated rings. The summed E-state index contributed by atoms with van der Waals surface area (Å²) in [5.41, 5.74) is 0.0199. The summed E-state index contributed by atoms with van der Waals surface area (Å²) in [4.78, 5) is 1.11. The molecule has 16 heavy (non-hydrogen) atoms. The molecule has 0 spiro atoms. The number of rotatable bonds is 2. The van der Waals surface area contributed by atoms with Crippen LogP contribution < -0.4 is 5.14 Å². The predicted octanol–water partition coefficient (Wildman–Crippen LogP) is 3.95. The van der Waals surface area contributed by atoms with Gasteiger partial charge in [0.2, 0.25) is 0 Å². The lowest BCUT2D eigenvalue weighted by molar-refractivity contribution is 0.527. The second-order valence-electron chi connectivity index (χ2n) is 5.19. The summed E-state index contributed by atoms with van der Waals surface area (Å²) in [5.74, 6) is 0. The monoisotopic (exact) mass is 255 g/mol. The van der Waals surface area contributed by atoms with E-state index in [0.717, 1.165) is 4.91 Å². The Balaban J connectivity index is 3.17. The highest BCUT2D eigenvalue weighted by atomic mass is 32.2. The van der Waals surface area contributed by atoms with E-state index in [1.807, 2.05) is 0 Å². The minimum Gasteiger partial charge on any atom is -0.274 e. The maximum absolute atomic E-state index is 5.66. The molecule has 90 valence electrons. The van der Waals surface area contributed by atoms with Crippen molar-refractivity contribution >= 4 is 24.6 Å². The molecule has 3 heteroatoms. The van der Waals surface area contributed by atoms with E-state index < -0.39 is 0 Å². The molecule has 0 aromatic heterocycles. The molecule has 2 unspecified atom stereocenters. The van der Waals surface area contributed by atoms with Gasteiger partial charge in [-0.05, 0) is 11.9 Å². The molecule has 2 atom stereocenters. The standard InChI is InChI=1S/C13H21NS2/c1-10(15)13(4)6-5-11(16-14)9-12(2,3)7-8-13/h5-10,15H,14H2,1-4H3/b6-5-,8-7-,11-9+. The molecule has 0 aromatic rings. The van der Waals surface area contributed by atoms with Crippen LogP contribution in [0, 0.1) is 10.8 Å². The van der Waals surface area contributed by atoms with Gasteiger partial charge in [-0.15, -0.1) is 0 Å². The van der Waals surface area contributed by atoms with E-state index in [2.05, 4.69) is 70.7 Å². The number of nitrogens with two attached hydrogens (primary N) is 1. The Labute approximate surface area is 109 Å². The van der Waals surface area contributed by atoms with Gasteiger partial charge in [0.05, 0.1) is 0 Å². The van der Waals surface area contributed by atoms with E-state index in [1.165, 1.54) is 11.9 Å². The average molecular weight is 255 g/mol. The summed E-state index contributed by atoms with van der Waals surface area (Å²) in [6.45, 7) is 8.67. The lowest BCUT2D eigenvalue weighted by atomic mass is 9.80. The molecule has 1 nitrogen and oxygen atoms in total. The van der Waals surface area contributed by atoms with Crippen LogP contribution in [-0.2, 0) is 0 Å². The van der Waals surface area contributed by atoms with Crippen molar-refractivity contribution in [1.29, 1.82) is 0 Å². The normalized spacial score (nSPS) is 37.8. The molecule has 2 N–H and O–H groups in total. The van der Waals surface area contributed by atoms with E-state index in [4.69, 9.17) is 5.14 Å².